The van der Waals surface area contributed by atoms with Gasteiger partial charge in [-0.1, -0.05) is 31.4 Å². The van der Waals surface area contributed by atoms with E-state index in [-0.39, 0.29) is 24.5 Å². The molecule has 0 atom stereocenters. The van der Waals surface area contributed by atoms with Gasteiger partial charge in [0.1, 0.15) is 5.82 Å². The van der Waals surface area contributed by atoms with Gasteiger partial charge in [0.2, 0.25) is 0 Å². The second-order valence-corrected chi connectivity index (χ2v) is 5.39. The summed E-state index contributed by atoms with van der Waals surface area (Å²) < 4.78 is 13.6. The zero-order chi connectivity index (χ0) is 14.4. The summed E-state index contributed by atoms with van der Waals surface area (Å²) in [7, 11) is 0. The summed E-state index contributed by atoms with van der Waals surface area (Å²) in [5.74, 6) is -0.674. The number of carbonyl (C=O) groups excluding carboxylic acids is 1. The molecule has 2 rings (SSSR count). The van der Waals surface area contributed by atoms with Gasteiger partial charge in [-0.25, -0.2) is 4.39 Å². The van der Waals surface area contributed by atoms with Gasteiger partial charge in [-0.2, -0.15) is 0 Å². The number of hydrogen-bond donors (Lipinski definition) is 1. The SMILES string of the molecule is O=C(CN(CCO)C1CCCCC1)c1ccccc1F. The molecule has 0 spiro atoms. The summed E-state index contributed by atoms with van der Waals surface area (Å²) in [6, 6.07) is 6.43. The molecule has 1 aromatic rings. The maximum absolute atomic E-state index is 13.6. The molecule has 0 saturated heterocycles. The third-order valence-corrected chi connectivity index (χ3v) is 4.00. The Morgan fingerprint density at radius 1 is 1.25 bits per heavy atom. The van der Waals surface area contributed by atoms with Crippen molar-refractivity contribution in [2.24, 2.45) is 0 Å². The lowest BCUT2D eigenvalue weighted by Gasteiger charge is -2.33. The highest BCUT2D eigenvalue weighted by Gasteiger charge is 2.23. The van der Waals surface area contributed by atoms with Crippen LogP contribution in [-0.4, -0.2) is 41.5 Å². The molecule has 0 radical (unpaired) electrons. The van der Waals surface area contributed by atoms with Gasteiger partial charge >= 0.3 is 0 Å². The van der Waals surface area contributed by atoms with Crippen LogP contribution < -0.4 is 0 Å². The highest BCUT2D eigenvalue weighted by molar-refractivity contribution is 5.97. The van der Waals surface area contributed by atoms with Crippen molar-refractivity contribution in [2.45, 2.75) is 38.1 Å². The van der Waals surface area contributed by atoms with Crippen LogP contribution in [-0.2, 0) is 0 Å². The number of Topliss-reactive ketones (excluding diaryl/α,β-unsaturated/α-hetero) is 1. The number of aliphatic hydroxyl groups excluding tert-OH is 1. The molecule has 0 aliphatic heterocycles. The fourth-order valence-corrected chi connectivity index (χ4v) is 2.92. The van der Waals surface area contributed by atoms with E-state index in [1.54, 1.807) is 12.1 Å². The fraction of sp³-hybridized carbons (Fsp3) is 0.562. The van der Waals surface area contributed by atoms with Crippen LogP contribution in [0.4, 0.5) is 4.39 Å². The Kier molecular flexibility index (Phi) is 5.68. The molecule has 1 N–H and O–H groups in total. The number of nitrogens with zero attached hydrogens (tertiary/aromatic N) is 1. The zero-order valence-corrected chi connectivity index (χ0v) is 11.7. The Hall–Kier alpha value is -1.26. The number of carbonyl (C=O) groups is 1. The van der Waals surface area contributed by atoms with Crippen LogP contribution in [0, 0.1) is 5.82 Å². The zero-order valence-electron chi connectivity index (χ0n) is 11.7. The first-order valence-corrected chi connectivity index (χ1v) is 7.35. The summed E-state index contributed by atoms with van der Waals surface area (Å²) in [5, 5.41) is 9.18. The molecule has 110 valence electrons. The maximum atomic E-state index is 13.6. The largest absolute Gasteiger partial charge is 0.395 e. The quantitative estimate of drug-likeness (QED) is 0.814. The van der Waals surface area contributed by atoms with Gasteiger partial charge in [0.25, 0.3) is 0 Å². The van der Waals surface area contributed by atoms with E-state index < -0.39 is 5.82 Å². The maximum Gasteiger partial charge on any atom is 0.179 e. The Balaban J connectivity index is 2.03. The standard InChI is InChI=1S/C16H22FNO2/c17-15-9-5-4-8-14(15)16(20)12-18(10-11-19)13-6-2-1-3-7-13/h4-5,8-9,13,19H,1-3,6-7,10-12H2. The van der Waals surface area contributed by atoms with Gasteiger partial charge in [-0.05, 0) is 25.0 Å². The number of ketones is 1. The number of hydrogen-bond acceptors (Lipinski definition) is 3. The molecule has 20 heavy (non-hydrogen) atoms. The predicted molar refractivity (Wildman–Crippen MR) is 76.3 cm³/mol. The van der Waals surface area contributed by atoms with Crippen molar-refractivity contribution < 1.29 is 14.3 Å². The Labute approximate surface area is 119 Å². The van der Waals surface area contributed by atoms with Crippen molar-refractivity contribution >= 4 is 5.78 Å². The van der Waals surface area contributed by atoms with Gasteiger partial charge < -0.3 is 5.11 Å². The van der Waals surface area contributed by atoms with Crippen LogP contribution in [0.15, 0.2) is 24.3 Å². The Morgan fingerprint density at radius 2 is 1.95 bits per heavy atom. The normalized spacial score (nSPS) is 16.6. The second-order valence-electron chi connectivity index (χ2n) is 5.39. The average molecular weight is 279 g/mol. The highest BCUT2D eigenvalue weighted by Crippen LogP contribution is 2.22. The fourth-order valence-electron chi connectivity index (χ4n) is 2.92. The molecule has 3 nitrogen and oxygen atoms in total. The summed E-state index contributed by atoms with van der Waals surface area (Å²) in [6.45, 7) is 0.693. The van der Waals surface area contributed by atoms with Crippen LogP contribution in [0.5, 0.6) is 0 Å². The monoisotopic (exact) mass is 279 g/mol. The Bertz CT molecular complexity index is 444. The number of aliphatic hydroxyl groups is 1. The minimum Gasteiger partial charge on any atom is -0.395 e. The summed E-state index contributed by atoms with van der Waals surface area (Å²) in [4.78, 5) is 14.2. The van der Waals surface area contributed by atoms with E-state index >= 15 is 0 Å². The van der Waals surface area contributed by atoms with Gasteiger partial charge in [-0.3, -0.25) is 9.69 Å². The molecule has 1 fully saturated rings. The average Bonchev–Trinajstić information content (AvgIpc) is 2.48. The van der Waals surface area contributed by atoms with E-state index in [4.69, 9.17) is 0 Å². The van der Waals surface area contributed by atoms with Gasteiger partial charge in [0.15, 0.2) is 5.78 Å². The van der Waals surface area contributed by atoms with Gasteiger partial charge in [-0.15, -0.1) is 0 Å². The van der Waals surface area contributed by atoms with Gasteiger partial charge in [0.05, 0.1) is 18.7 Å². The second kappa shape index (κ2) is 7.50. The van der Waals surface area contributed by atoms with E-state index in [0.29, 0.717) is 12.6 Å². The third-order valence-electron chi connectivity index (χ3n) is 4.00. The smallest absolute Gasteiger partial charge is 0.179 e. The summed E-state index contributed by atoms with van der Waals surface area (Å²) >= 11 is 0. The molecule has 0 bridgehead atoms. The molecule has 1 saturated carbocycles. The van der Waals surface area contributed by atoms with E-state index in [9.17, 15) is 14.3 Å². The van der Waals surface area contributed by atoms with E-state index in [1.807, 2.05) is 4.90 Å². The molecule has 1 aliphatic rings. The van der Waals surface area contributed by atoms with Crippen molar-refractivity contribution in [1.29, 1.82) is 0 Å². The minimum absolute atomic E-state index is 0.0288. The van der Waals surface area contributed by atoms with Crippen LogP contribution in [0.1, 0.15) is 42.5 Å². The van der Waals surface area contributed by atoms with E-state index in [1.165, 1.54) is 31.4 Å². The first-order valence-electron chi connectivity index (χ1n) is 7.35. The molecule has 1 aromatic carbocycles. The predicted octanol–water partition coefficient (Wildman–Crippen LogP) is 2.64. The third kappa shape index (κ3) is 3.87. The minimum atomic E-state index is -0.468. The summed E-state index contributed by atoms with van der Waals surface area (Å²) in [5.41, 5.74) is 0.145. The van der Waals surface area contributed by atoms with Gasteiger partial charge in [0, 0.05) is 12.6 Å². The van der Waals surface area contributed by atoms with Crippen molar-refractivity contribution in [3.63, 3.8) is 0 Å². The topological polar surface area (TPSA) is 40.5 Å². The first-order chi connectivity index (χ1) is 9.72. The molecule has 0 aromatic heterocycles. The number of benzene rings is 1. The van der Waals surface area contributed by atoms with Crippen LogP contribution in [0.2, 0.25) is 0 Å². The molecular weight excluding hydrogens is 257 g/mol. The molecule has 0 heterocycles. The molecule has 0 unspecified atom stereocenters. The Morgan fingerprint density at radius 3 is 2.60 bits per heavy atom. The van der Waals surface area contributed by atoms with Crippen LogP contribution in [0.25, 0.3) is 0 Å². The van der Waals surface area contributed by atoms with Crippen LogP contribution in [0.3, 0.4) is 0 Å². The number of halogens is 1. The van der Waals surface area contributed by atoms with E-state index in [2.05, 4.69) is 0 Å². The molecule has 0 amide bonds. The van der Waals surface area contributed by atoms with E-state index in [0.717, 1.165) is 12.8 Å². The molecular formula is C16H22FNO2. The summed E-state index contributed by atoms with van der Waals surface area (Å²) in [6.07, 6.45) is 5.70. The molecule has 1 aliphatic carbocycles. The number of rotatable bonds is 6. The lowest BCUT2D eigenvalue weighted by Crippen LogP contribution is -2.42. The van der Waals surface area contributed by atoms with Crippen molar-refractivity contribution in [1.82, 2.24) is 4.90 Å². The van der Waals surface area contributed by atoms with Crippen molar-refractivity contribution in [2.75, 3.05) is 19.7 Å². The molecule has 4 heteroatoms. The van der Waals surface area contributed by atoms with Crippen molar-refractivity contribution in [3.05, 3.63) is 35.6 Å². The highest BCUT2D eigenvalue weighted by atomic mass is 19.1. The van der Waals surface area contributed by atoms with Crippen LogP contribution >= 0.6 is 0 Å². The van der Waals surface area contributed by atoms with Crippen molar-refractivity contribution in [3.8, 4) is 0 Å². The lowest BCUT2D eigenvalue weighted by atomic mass is 9.93. The lowest BCUT2D eigenvalue weighted by molar-refractivity contribution is 0.0811. The first kappa shape index (κ1) is 15.1.